The van der Waals surface area contributed by atoms with E-state index in [-0.39, 0.29) is 18.2 Å². The zero-order chi connectivity index (χ0) is 21.3. The Balaban J connectivity index is 1.38. The number of thiazole rings is 1. The number of hydrogen-bond donors (Lipinski definition) is 1. The smallest absolute Gasteiger partial charge is 0.231 e. The largest absolute Gasteiger partial charge is 0.493 e. The highest BCUT2D eigenvalue weighted by Gasteiger charge is 2.13. The molecule has 2 amide bonds. The Hall–Kier alpha value is -2.42. The van der Waals surface area contributed by atoms with Crippen molar-refractivity contribution in [3.8, 4) is 5.75 Å². The first kappa shape index (κ1) is 22.3. The monoisotopic (exact) mass is 463 g/mol. The zero-order valence-corrected chi connectivity index (χ0v) is 18.9. The molecule has 0 bridgehead atoms. The van der Waals surface area contributed by atoms with Crippen molar-refractivity contribution in [3.63, 3.8) is 0 Å². The van der Waals surface area contributed by atoms with E-state index < -0.39 is 0 Å². The van der Waals surface area contributed by atoms with E-state index >= 15 is 0 Å². The number of thiophene rings is 1. The maximum atomic E-state index is 12.4. The van der Waals surface area contributed by atoms with Crippen LogP contribution in [0.5, 0.6) is 5.75 Å². The first-order valence-electron chi connectivity index (χ1n) is 9.38. The number of anilines is 1. The van der Waals surface area contributed by atoms with Gasteiger partial charge in [-0.1, -0.05) is 23.7 Å². The molecule has 1 aromatic carbocycles. The molecule has 0 atom stereocenters. The van der Waals surface area contributed by atoms with Gasteiger partial charge >= 0.3 is 0 Å². The molecule has 2 heterocycles. The number of rotatable bonds is 10. The molecule has 0 radical (unpaired) electrons. The van der Waals surface area contributed by atoms with E-state index in [1.165, 1.54) is 11.3 Å². The van der Waals surface area contributed by atoms with Crippen LogP contribution in [0.1, 0.15) is 17.0 Å². The van der Waals surface area contributed by atoms with Crippen LogP contribution in [0, 0.1) is 0 Å². The third-order valence-corrected chi connectivity index (χ3v) is 6.09. The molecule has 1 N–H and O–H groups in total. The Morgan fingerprint density at radius 1 is 1.20 bits per heavy atom. The van der Waals surface area contributed by atoms with E-state index in [4.69, 9.17) is 16.3 Å². The van der Waals surface area contributed by atoms with Crippen molar-refractivity contribution in [2.75, 3.05) is 25.5 Å². The number of hydrogen-bond acceptors (Lipinski definition) is 6. The normalized spacial score (nSPS) is 10.6. The van der Waals surface area contributed by atoms with E-state index in [2.05, 4.69) is 10.3 Å². The first-order chi connectivity index (χ1) is 14.5. The first-order valence-corrected chi connectivity index (χ1v) is 11.5. The summed E-state index contributed by atoms with van der Waals surface area (Å²) in [7, 11) is 1.76. The summed E-state index contributed by atoms with van der Waals surface area (Å²) in [6.07, 6.45) is 1.23. The lowest BCUT2D eigenvalue weighted by Crippen LogP contribution is -2.30. The van der Waals surface area contributed by atoms with Gasteiger partial charge in [-0.3, -0.25) is 9.59 Å². The number of nitrogens with zero attached hydrogens (tertiary/aromatic N) is 2. The summed E-state index contributed by atoms with van der Waals surface area (Å²) in [5, 5.41) is 7.67. The predicted molar refractivity (Wildman–Crippen MR) is 122 cm³/mol. The van der Waals surface area contributed by atoms with Gasteiger partial charge in [-0.05, 0) is 36.1 Å². The quantitative estimate of drug-likeness (QED) is 0.449. The second kappa shape index (κ2) is 11.1. The van der Waals surface area contributed by atoms with E-state index in [1.807, 2.05) is 29.6 Å². The van der Waals surface area contributed by atoms with Crippen molar-refractivity contribution < 1.29 is 14.3 Å². The molecule has 9 heteroatoms. The molecule has 30 heavy (non-hydrogen) atoms. The number of carbonyl (C=O) groups is 2. The summed E-state index contributed by atoms with van der Waals surface area (Å²) in [4.78, 5) is 31.5. The lowest BCUT2D eigenvalue weighted by Gasteiger charge is -2.16. The SMILES string of the molecule is CN(CCCOc1cccc(Cl)c1)C(=O)Cc1csc(NC(=O)Cc2cccs2)n1. The molecule has 0 unspecified atom stereocenters. The van der Waals surface area contributed by atoms with Gasteiger partial charge in [0.15, 0.2) is 5.13 Å². The molecular formula is C21H22ClN3O3S2. The van der Waals surface area contributed by atoms with Gasteiger partial charge in [0.1, 0.15) is 5.75 Å². The molecule has 0 aliphatic heterocycles. The molecule has 3 aromatic rings. The van der Waals surface area contributed by atoms with Crippen LogP contribution in [-0.4, -0.2) is 41.9 Å². The molecule has 0 aliphatic rings. The van der Waals surface area contributed by atoms with Crippen molar-refractivity contribution in [1.29, 1.82) is 0 Å². The van der Waals surface area contributed by atoms with E-state index in [9.17, 15) is 9.59 Å². The average Bonchev–Trinajstić information content (AvgIpc) is 3.37. The van der Waals surface area contributed by atoms with Crippen LogP contribution in [0.15, 0.2) is 47.2 Å². The maximum absolute atomic E-state index is 12.4. The van der Waals surface area contributed by atoms with Gasteiger partial charge in [0.25, 0.3) is 0 Å². The van der Waals surface area contributed by atoms with E-state index in [1.54, 1.807) is 40.8 Å². The van der Waals surface area contributed by atoms with Crippen LogP contribution in [-0.2, 0) is 22.4 Å². The van der Waals surface area contributed by atoms with Crippen LogP contribution in [0.25, 0.3) is 0 Å². The predicted octanol–water partition coefficient (Wildman–Crippen LogP) is 4.51. The highest BCUT2D eigenvalue weighted by atomic mass is 35.5. The Bertz CT molecular complexity index is 976. The Labute approximate surface area is 188 Å². The topological polar surface area (TPSA) is 71.5 Å². The number of aromatic nitrogens is 1. The summed E-state index contributed by atoms with van der Waals surface area (Å²) >= 11 is 8.79. The van der Waals surface area contributed by atoms with Crippen LogP contribution >= 0.6 is 34.3 Å². The van der Waals surface area contributed by atoms with Gasteiger partial charge < -0.3 is 15.0 Å². The number of halogens is 1. The van der Waals surface area contributed by atoms with Crippen molar-refractivity contribution >= 4 is 51.2 Å². The van der Waals surface area contributed by atoms with Gasteiger partial charge in [-0.2, -0.15) is 0 Å². The van der Waals surface area contributed by atoms with Gasteiger partial charge in [-0.25, -0.2) is 4.98 Å². The fourth-order valence-corrected chi connectivity index (χ4v) is 4.25. The Morgan fingerprint density at radius 2 is 2.07 bits per heavy atom. The second-order valence-electron chi connectivity index (χ2n) is 6.60. The third kappa shape index (κ3) is 7.12. The summed E-state index contributed by atoms with van der Waals surface area (Å²) in [6.45, 7) is 1.07. The zero-order valence-electron chi connectivity index (χ0n) is 16.5. The minimum atomic E-state index is -0.110. The van der Waals surface area contributed by atoms with Gasteiger partial charge in [0.05, 0.1) is 25.1 Å². The number of benzene rings is 1. The van der Waals surface area contributed by atoms with E-state index in [0.29, 0.717) is 47.6 Å². The van der Waals surface area contributed by atoms with E-state index in [0.717, 1.165) is 4.88 Å². The highest BCUT2D eigenvalue weighted by Crippen LogP contribution is 2.18. The summed E-state index contributed by atoms with van der Waals surface area (Å²) in [5.74, 6) is 0.577. The lowest BCUT2D eigenvalue weighted by molar-refractivity contribution is -0.129. The Kier molecular flexibility index (Phi) is 8.24. The molecule has 158 valence electrons. The number of carbonyl (C=O) groups excluding carboxylic acids is 2. The molecule has 0 saturated heterocycles. The second-order valence-corrected chi connectivity index (χ2v) is 8.93. The fourth-order valence-electron chi connectivity index (χ4n) is 2.64. The molecule has 3 rings (SSSR count). The minimum absolute atomic E-state index is 0.0282. The fraction of sp³-hybridized carbons (Fsp3) is 0.286. The third-order valence-electron chi connectivity index (χ3n) is 4.17. The molecule has 0 aliphatic carbocycles. The van der Waals surface area contributed by atoms with Crippen molar-refractivity contribution in [2.24, 2.45) is 0 Å². The average molecular weight is 464 g/mol. The molecule has 0 spiro atoms. The van der Waals surface area contributed by atoms with Crippen LogP contribution in [0.4, 0.5) is 5.13 Å². The molecular weight excluding hydrogens is 442 g/mol. The van der Waals surface area contributed by atoms with Crippen LogP contribution in [0.3, 0.4) is 0 Å². The Morgan fingerprint density at radius 3 is 2.83 bits per heavy atom. The summed E-state index contributed by atoms with van der Waals surface area (Å²) in [6, 6.07) is 11.1. The van der Waals surface area contributed by atoms with Gasteiger partial charge in [0.2, 0.25) is 11.8 Å². The maximum Gasteiger partial charge on any atom is 0.231 e. The summed E-state index contributed by atoms with van der Waals surface area (Å²) < 4.78 is 5.64. The molecule has 0 saturated carbocycles. The van der Waals surface area contributed by atoms with Gasteiger partial charge in [0, 0.05) is 28.9 Å². The van der Waals surface area contributed by atoms with Gasteiger partial charge in [-0.15, -0.1) is 22.7 Å². The number of amides is 2. The number of likely N-dealkylation sites (N-methyl/N-ethyl adjacent to an activating group) is 1. The van der Waals surface area contributed by atoms with Crippen LogP contribution < -0.4 is 10.1 Å². The lowest BCUT2D eigenvalue weighted by atomic mass is 10.3. The standard InChI is InChI=1S/C21H22ClN3O3S2/c1-25(8-4-9-28-17-6-2-5-15(22)11-17)20(27)12-16-14-30-21(23-16)24-19(26)13-18-7-3-10-29-18/h2-3,5-7,10-11,14H,4,8-9,12-13H2,1H3,(H,23,24,26). The van der Waals surface area contributed by atoms with Crippen molar-refractivity contribution in [1.82, 2.24) is 9.88 Å². The van der Waals surface area contributed by atoms with Crippen molar-refractivity contribution in [3.05, 3.63) is 62.8 Å². The molecule has 6 nitrogen and oxygen atoms in total. The van der Waals surface area contributed by atoms with Crippen LogP contribution in [0.2, 0.25) is 5.02 Å². The van der Waals surface area contributed by atoms with Crippen molar-refractivity contribution in [2.45, 2.75) is 19.3 Å². The minimum Gasteiger partial charge on any atom is -0.493 e. The number of nitrogens with one attached hydrogen (secondary N) is 1. The molecule has 0 fully saturated rings. The highest BCUT2D eigenvalue weighted by molar-refractivity contribution is 7.14. The summed E-state index contributed by atoms with van der Waals surface area (Å²) in [5.41, 5.74) is 0.651. The number of ether oxygens (including phenoxy) is 1. The molecule has 2 aromatic heterocycles.